The molecule has 0 spiro atoms. The summed E-state index contributed by atoms with van der Waals surface area (Å²) in [4.78, 5) is 16.6. The fourth-order valence-corrected chi connectivity index (χ4v) is 4.19. The van der Waals surface area contributed by atoms with E-state index >= 15 is 0 Å². The van der Waals surface area contributed by atoms with Gasteiger partial charge in [-0.2, -0.15) is 4.80 Å². The molecule has 0 saturated heterocycles. The molecule has 2 heterocycles. The fourth-order valence-electron chi connectivity index (χ4n) is 4.19. The summed E-state index contributed by atoms with van der Waals surface area (Å²) in [7, 11) is 0. The monoisotopic (exact) mass is 438 g/mol. The number of fused-ring (bicyclic) bond motifs is 1. The lowest BCUT2D eigenvalue weighted by atomic mass is 10.1. The van der Waals surface area contributed by atoms with Crippen LogP contribution in [0.25, 0.3) is 11.4 Å². The van der Waals surface area contributed by atoms with Crippen LogP contribution in [-0.4, -0.2) is 32.7 Å². The SMILES string of the molecule is O=C(CCCn1nnc(-c2ccccc2)n1)Nc1ccccc1CN1CCc2ccccc21. The second kappa shape index (κ2) is 9.65. The minimum Gasteiger partial charge on any atom is -0.367 e. The first-order chi connectivity index (χ1) is 16.3. The van der Waals surface area contributed by atoms with E-state index in [0.717, 1.165) is 36.3 Å². The van der Waals surface area contributed by atoms with E-state index < -0.39 is 0 Å². The summed E-state index contributed by atoms with van der Waals surface area (Å²) in [6.45, 7) is 2.32. The van der Waals surface area contributed by atoms with Gasteiger partial charge in [-0.15, -0.1) is 10.2 Å². The zero-order valence-corrected chi connectivity index (χ0v) is 18.4. The van der Waals surface area contributed by atoms with E-state index in [1.807, 2.05) is 48.5 Å². The van der Waals surface area contributed by atoms with Crippen LogP contribution < -0.4 is 10.2 Å². The van der Waals surface area contributed by atoms with E-state index in [0.29, 0.717) is 25.2 Å². The van der Waals surface area contributed by atoms with Gasteiger partial charge < -0.3 is 10.2 Å². The van der Waals surface area contributed by atoms with Crippen molar-refractivity contribution in [1.29, 1.82) is 0 Å². The molecule has 1 aliphatic rings. The Bertz CT molecular complexity index is 1240. The molecular weight excluding hydrogens is 412 g/mol. The van der Waals surface area contributed by atoms with Gasteiger partial charge in [-0.05, 0) is 41.3 Å². The molecule has 1 aliphatic heterocycles. The fraction of sp³-hybridized carbons (Fsp3) is 0.231. The van der Waals surface area contributed by atoms with Crippen LogP contribution in [-0.2, 0) is 24.3 Å². The summed E-state index contributed by atoms with van der Waals surface area (Å²) in [6, 6.07) is 26.3. The molecule has 0 bridgehead atoms. The highest BCUT2D eigenvalue weighted by Gasteiger charge is 2.19. The predicted molar refractivity (Wildman–Crippen MR) is 129 cm³/mol. The molecule has 33 heavy (non-hydrogen) atoms. The van der Waals surface area contributed by atoms with Crippen LogP contribution in [0, 0.1) is 0 Å². The van der Waals surface area contributed by atoms with Gasteiger partial charge in [0.25, 0.3) is 0 Å². The normalized spacial score (nSPS) is 12.5. The van der Waals surface area contributed by atoms with Crippen molar-refractivity contribution in [3.63, 3.8) is 0 Å². The van der Waals surface area contributed by atoms with Gasteiger partial charge in [0.15, 0.2) is 0 Å². The van der Waals surface area contributed by atoms with E-state index in [9.17, 15) is 4.79 Å². The van der Waals surface area contributed by atoms with Crippen molar-refractivity contribution in [1.82, 2.24) is 20.2 Å². The van der Waals surface area contributed by atoms with E-state index in [2.05, 4.69) is 56.0 Å². The number of aryl methyl sites for hydroxylation is 1. The Balaban J connectivity index is 1.16. The summed E-state index contributed by atoms with van der Waals surface area (Å²) in [5.74, 6) is 0.588. The van der Waals surface area contributed by atoms with Crippen LogP contribution in [0.2, 0.25) is 0 Å². The Morgan fingerprint density at radius 3 is 2.64 bits per heavy atom. The molecule has 0 saturated carbocycles. The second-order valence-corrected chi connectivity index (χ2v) is 8.18. The molecule has 166 valence electrons. The number of carbonyl (C=O) groups is 1. The first-order valence-electron chi connectivity index (χ1n) is 11.3. The van der Waals surface area contributed by atoms with E-state index in [-0.39, 0.29) is 5.91 Å². The number of carbonyl (C=O) groups excluding carboxylic acids is 1. The quantitative estimate of drug-likeness (QED) is 0.443. The van der Waals surface area contributed by atoms with Gasteiger partial charge in [0.05, 0.1) is 6.54 Å². The third-order valence-electron chi connectivity index (χ3n) is 5.88. The molecule has 7 nitrogen and oxygen atoms in total. The lowest BCUT2D eigenvalue weighted by Gasteiger charge is -2.21. The average molecular weight is 439 g/mol. The molecule has 1 amide bonds. The van der Waals surface area contributed by atoms with E-state index in [1.165, 1.54) is 11.3 Å². The number of hydrogen-bond donors (Lipinski definition) is 1. The van der Waals surface area contributed by atoms with Crippen LogP contribution in [0.15, 0.2) is 78.9 Å². The van der Waals surface area contributed by atoms with Crippen LogP contribution >= 0.6 is 0 Å². The van der Waals surface area contributed by atoms with Crippen LogP contribution in [0.1, 0.15) is 24.0 Å². The molecule has 0 radical (unpaired) electrons. The van der Waals surface area contributed by atoms with Gasteiger partial charge in [0.2, 0.25) is 11.7 Å². The van der Waals surface area contributed by atoms with Gasteiger partial charge >= 0.3 is 0 Å². The molecule has 0 aliphatic carbocycles. The maximum Gasteiger partial charge on any atom is 0.224 e. The number of benzene rings is 3. The standard InChI is InChI=1S/C26H26N6O/c33-25(15-8-17-32-29-26(28-30-32)21-10-2-1-3-11-21)27-23-13-6-4-12-22(23)19-31-18-16-20-9-5-7-14-24(20)31/h1-7,9-14H,8,15-19H2,(H,27,33). The summed E-state index contributed by atoms with van der Waals surface area (Å²) in [5.41, 5.74) is 5.59. The molecule has 0 unspecified atom stereocenters. The smallest absolute Gasteiger partial charge is 0.224 e. The molecular formula is C26H26N6O. The van der Waals surface area contributed by atoms with Crippen molar-refractivity contribution in [3.05, 3.63) is 90.0 Å². The van der Waals surface area contributed by atoms with Crippen molar-refractivity contribution in [2.24, 2.45) is 0 Å². The minimum absolute atomic E-state index is 0.00679. The van der Waals surface area contributed by atoms with Gasteiger partial charge in [-0.3, -0.25) is 4.79 Å². The van der Waals surface area contributed by atoms with E-state index in [4.69, 9.17) is 0 Å². The number of para-hydroxylation sites is 2. The molecule has 3 aromatic carbocycles. The number of amides is 1. The van der Waals surface area contributed by atoms with Crippen molar-refractivity contribution < 1.29 is 4.79 Å². The topological polar surface area (TPSA) is 75.9 Å². The van der Waals surface area contributed by atoms with Gasteiger partial charge in [0.1, 0.15) is 0 Å². The zero-order valence-electron chi connectivity index (χ0n) is 18.4. The molecule has 1 aromatic heterocycles. The molecule has 0 fully saturated rings. The molecule has 1 N–H and O–H groups in total. The Morgan fingerprint density at radius 2 is 1.73 bits per heavy atom. The summed E-state index contributed by atoms with van der Waals surface area (Å²) >= 11 is 0. The van der Waals surface area contributed by atoms with Crippen molar-refractivity contribution in [2.75, 3.05) is 16.8 Å². The van der Waals surface area contributed by atoms with Crippen molar-refractivity contribution in [3.8, 4) is 11.4 Å². The van der Waals surface area contributed by atoms with Crippen molar-refractivity contribution >= 4 is 17.3 Å². The molecule has 0 atom stereocenters. The summed E-state index contributed by atoms with van der Waals surface area (Å²) < 4.78 is 0. The highest BCUT2D eigenvalue weighted by molar-refractivity contribution is 5.91. The first-order valence-corrected chi connectivity index (χ1v) is 11.3. The zero-order chi connectivity index (χ0) is 22.5. The first kappa shape index (κ1) is 20.9. The van der Waals surface area contributed by atoms with Gasteiger partial charge in [-0.25, -0.2) is 0 Å². The van der Waals surface area contributed by atoms with E-state index in [1.54, 1.807) is 4.80 Å². The Morgan fingerprint density at radius 1 is 0.939 bits per heavy atom. The Hall–Kier alpha value is -4.00. The van der Waals surface area contributed by atoms with Crippen LogP contribution in [0.3, 0.4) is 0 Å². The maximum absolute atomic E-state index is 12.6. The number of rotatable bonds is 8. The van der Waals surface area contributed by atoms with Gasteiger partial charge in [0, 0.05) is 36.4 Å². The summed E-state index contributed by atoms with van der Waals surface area (Å²) in [5, 5.41) is 15.7. The number of aromatic nitrogens is 4. The number of nitrogens with one attached hydrogen (secondary N) is 1. The van der Waals surface area contributed by atoms with Crippen LogP contribution in [0.5, 0.6) is 0 Å². The second-order valence-electron chi connectivity index (χ2n) is 8.18. The number of tetrazole rings is 1. The maximum atomic E-state index is 12.6. The number of anilines is 2. The third kappa shape index (κ3) is 4.92. The number of nitrogens with zero attached hydrogens (tertiary/aromatic N) is 5. The highest BCUT2D eigenvalue weighted by atomic mass is 16.1. The molecule has 7 heteroatoms. The molecule has 4 aromatic rings. The lowest BCUT2D eigenvalue weighted by Crippen LogP contribution is -2.21. The third-order valence-corrected chi connectivity index (χ3v) is 5.88. The minimum atomic E-state index is -0.00679. The lowest BCUT2D eigenvalue weighted by molar-refractivity contribution is -0.116. The average Bonchev–Trinajstić information content (AvgIpc) is 3.49. The highest BCUT2D eigenvalue weighted by Crippen LogP contribution is 2.30. The number of hydrogen-bond acceptors (Lipinski definition) is 5. The molecule has 5 rings (SSSR count). The predicted octanol–water partition coefficient (Wildman–Crippen LogP) is 4.32. The van der Waals surface area contributed by atoms with Crippen LogP contribution in [0.4, 0.5) is 11.4 Å². The Kier molecular flexibility index (Phi) is 6.10. The largest absolute Gasteiger partial charge is 0.367 e. The Labute approximate surface area is 193 Å². The van der Waals surface area contributed by atoms with Crippen molar-refractivity contribution in [2.45, 2.75) is 32.4 Å². The summed E-state index contributed by atoms with van der Waals surface area (Å²) in [6.07, 6.45) is 2.09. The van der Waals surface area contributed by atoms with Gasteiger partial charge in [-0.1, -0.05) is 66.7 Å².